The molecule has 6 nitrogen and oxygen atoms in total. The molecule has 0 atom stereocenters. The van der Waals surface area contributed by atoms with Crippen LogP contribution in [0.15, 0.2) is 42.6 Å². The summed E-state index contributed by atoms with van der Waals surface area (Å²) in [5.74, 6) is 0.0977. The lowest BCUT2D eigenvalue weighted by molar-refractivity contribution is -0.141. The molecule has 0 aliphatic carbocycles. The Balaban J connectivity index is 1.46. The van der Waals surface area contributed by atoms with E-state index in [2.05, 4.69) is 9.88 Å². The first-order chi connectivity index (χ1) is 13.1. The number of nitrogens with zero attached hydrogens (tertiary/aromatic N) is 3. The van der Waals surface area contributed by atoms with E-state index in [1.807, 2.05) is 24.3 Å². The lowest BCUT2D eigenvalue weighted by Gasteiger charge is -2.47. The van der Waals surface area contributed by atoms with Crippen molar-refractivity contribution in [1.29, 1.82) is 0 Å². The van der Waals surface area contributed by atoms with Gasteiger partial charge in [0.2, 0.25) is 5.95 Å². The van der Waals surface area contributed by atoms with Gasteiger partial charge < -0.3 is 19.3 Å². The van der Waals surface area contributed by atoms with E-state index < -0.39 is 11.5 Å². The summed E-state index contributed by atoms with van der Waals surface area (Å²) in [6.07, 6.45) is 2.99. The molecule has 4 rings (SSSR count). The van der Waals surface area contributed by atoms with Gasteiger partial charge in [-0.3, -0.25) is 4.79 Å². The number of anilines is 2. The van der Waals surface area contributed by atoms with Gasteiger partial charge in [0.05, 0.1) is 19.3 Å². The highest BCUT2D eigenvalue weighted by molar-refractivity contribution is 5.95. The Morgan fingerprint density at radius 1 is 1.15 bits per heavy atom. The van der Waals surface area contributed by atoms with Gasteiger partial charge in [0, 0.05) is 36.7 Å². The third kappa shape index (κ3) is 3.60. The fourth-order valence-corrected chi connectivity index (χ4v) is 3.78. The van der Waals surface area contributed by atoms with E-state index in [1.165, 1.54) is 12.3 Å². The number of halogens is 1. The summed E-state index contributed by atoms with van der Waals surface area (Å²) in [7, 11) is 1.65. The predicted molar refractivity (Wildman–Crippen MR) is 99.7 cm³/mol. The first kappa shape index (κ1) is 17.7. The van der Waals surface area contributed by atoms with Crippen molar-refractivity contribution in [2.24, 2.45) is 0 Å². The quantitative estimate of drug-likeness (QED) is 0.777. The molecule has 7 heteroatoms. The predicted octanol–water partition coefficient (Wildman–Crippen LogP) is 2.63. The minimum Gasteiger partial charge on any atom is -0.497 e. The Hall–Kier alpha value is -2.67. The van der Waals surface area contributed by atoms with Crippen molar-refractivity contribution in [3.63, 3.8) is 0 Å². The number of piperidine rings is 1. The van der Waals surface area contributed by atoms with Gasteiger partial charge in [0.25, 0.3) is 5.91 Å². The number of pyridine rings is 1. The molecule has 3 heterocycles. The van der Waals surface area contributed by atoms with E-state index in [0.29, 0.717) is 12.2 Å². The largest absolute Gasteiger partial charge is 0.497 e. The summed E-state index contributed by atoms with van der Waals surface area (Å²) < 4.78 is 24.7. The number of hydrogen-bond acceptors (Lipinski definition) is 5. The van der Waals surface area contributed by atoms with Gasteiger partial charge in [0.1, 0.15) is 12.4 Å². The fraction of sp³-hybridized carbons (Fsp3) is 0.400. The highest BCUT2D eigenvalue weighted by Gasteiger charge is 2.42. The normalized spacial score (nSPS) is 19.4. The zero-order chi connectivity index (χ0) is 18.9. The van der Waals surface area contributed by atoms with Gasteiger partial charge in [-0.2, -0.15) is 4.39 Å². The summed E-state index contributed by atoms with van der Waals surface area (Å²) in [4.78, 5) is 19.8. The van der Waals surface area contributed by atoms with E-state index in [0.717, 1.165) is 37.4 Å². The number of morpholine rings is 1. The molecule has 27 heavy (non-hydrogen) atoms. The molecule has 1 amide bonds. The molecular weight excluding hydrogens is 349 g/mol. The summed E-state index contributed by atoms with van der Waals surface area (Å²) in [6.45, 7) is 2.12. The zero-order valence-corrected chi connectivity index (χ0v) is 15.2. The molecule has 0 radical (unpaired) electrons. The van der Waals surface area contributed by atoms with Crippen LogP contribution in [0.1, 0.15) is 12.8 Å². The smallest absolute Gasteiger partial charge is 0.253 e. The van der Waals surface area contributed by atoms with Crippen LogP contribution in [0.3, 0.4) is 0 Å². The SMILES string of the molecule is COc1ccc(N2CCC3(CC2)CN(c2ccnc(F)c2)C(=O)CO3)cc1. The van der Waals surface area contributed by atoms with Crippen molar-refractivity contribution in [2.45, 2.75) is 18.4 Å². The molecule has 2 aliphatic heterocycles. The van der Waals surface area contributed by atoms with E-state index in [-0.39, 0.29) is 12.5 Å². The Kier molecular flexibility index (Phi) is 4.70. The molecule has 2 fully saturated rings. The molecule has 2 aromatic rings. The van der Waals surface area contributed by atoms with Gasteiger partial charge in [-0.25, -0.2) is 4.98 Å². The number of rotatable bonds is 3. The summed E-state index contributed by atoms with van der Waals surface area (Å²) >= 11 is 0. The van der Waals surface area contributed by atoms with Gasteiger partial charge in [-0.15, -0.1) is 0 Å². The number of methoxy groups -OCH3 is 1. The second-order valence-corrected chi connectivity index (χ2v) is 6.97. The number of aromatic nitrogens is 1. The molecule has 1 spiro atoms. The van der Waals surface area contributed by atoms with Crippen LogP contribution in [0.4, 0.5) is 15.8 Å². The van der Waals surface area contributed by atoms with Crippen LogP contribution in [0.5, 0.6) is 5.75 Å². The molecule has 142 valence electrons. The average molecular weight is 371 g/mol. The average Bonchev–Trinajstić information content (AvgIpc) is 2.71. The van der Waals surface area contributed by atoms with E-state index in [1.54, 1.807) is 18.1 Å². The van der Waals surface area contributed by atoms with Crippen molar-refractivity contribution in [1.82, 2.24) is 4.98 Å². The maximum Gasteiger partial charge on any atom is 0.253 e. The molecular formula is C20H22FN3O3. The van der Waals surface area contributed by atoms with Crippen molar-refractivity contribution in [2.75, 3.05) is 43.2 Å². The zero-order valence-electron chi connectivity index (χ0n) is 15.2. The molecule has 0 unspecified atom stereocenters. The van der Waals surface area contributed by atoms with Crippen LogP contribution < -0.4 is 14.5 Å². The number of carbonyl (C=O) groups is 1. The molecule has 0 N–H and O–H groups in total. The second kappa shape index (κ2) is 7.15. The highest BCUT2D eigenvalue weighted by Crippen LogP contribution is 2.34. The molecule has 0 bridgehead atoms. The summed E-state index contributed by atoms with van der Waals surface area (Å²) in [5.41, 5.74) is 1.29. The van der Waals surface area contributed by atoms with E-state index >= 15 is 0 Å². The highest BCUT2D eigenvalue weighted by atomic mass is 19.1. The Bertz CT molecular complexity index is 819. The monoisotopic (exact) mass is 371 g/mol. The second-order valence-electron chi connectivity index (χ2n) is 6.97. The molecule has 1 aromatic heterocycles. The third-order valence-corrected chi connectivity index (χ3v) is 5.38. The Morgan fingerprint density at radius 3 is 2.56 bits per heavy atom. The topological polar surface area (TPSA) is 54.9 Å². The standard InChI is InChI=1S/C20H22FN3O3/c1-26-17-4-2-15(3-5-17)23-10-7-20(8-11-23)14-24(19(25)13-27-20)16-6-9-22-18(21)12-16/h2-6,9,12H,7-8,10-11,13-14H2,1H3. The number of benzene rings is 1. The van der Waals surface area contributed by atoms with E-state index in [4.69, 9.17) is 9.47 Å². The van der Waals surface area contributed by atoms with Crippen molar-refractivity contribution < 1.29 is 18.7 Å². The third-order valence-electron chi connectivity index (χ3n) is 5.38. The molecule has 2 aliphatic rings. The number of amides is 1. The van der Waals surface area contributed by atoms with Crippen molar-refractivity contribution >= 4 is 17.3 Å². The van der Waals surface area contributed by atoms with Crippen LogP contribution in [0.25, 0.3) is 0 Å². The maximum absolute atomic E-state index is 13.5. The minimum absolute atomic E-state index is 0.0203. The lowest BCUT2D eigenvalue weighted by atomic mass is 9.88. The van der Waals surface area contributed by atoms with Gasteiger partial charge in [-0.05, 0) is 43.2 Å². The lowest BCUT2D eigenvalue weighted by Crippen LogP contribution is -2.59. The summed E-state index contributed by atoms with van der Waals surface area (Å²) in [6, 6.07) is 11.0. The number of carbonyl (C=O) groups excluding carboxylic acids is 1. The van der Waals surface area contributed by atoms with Gasteiger partial charge >= 0.3 is 0 Å². The number of ether oxygens (including phenoxy) is 2. The molecule has 0 saturated carbocycles. The van der Waals surface area contributed by atoms with Crippen molar-refractivity contribution in [3.05, 3.63) is 48.5 Å². The number of hydrogen-bond donors (Lipinski definition) is 0. The van der Waals surface area contributed by atoms with Crippen LogP contribution >= 0.6 is 0 Å². The fourth-order valence-electron chi connectivity index (χ4n) is 3.78. The Morgan fingerprint density at radius 2 is 1.89 bits per heavy atom. The van der Waals surface area contributed by atoms with Crippen molar-refractivity contribution in [3.8, 4) is 5.75 Å². The summed E-state index contributed by atoms with van der Waals surface area (Å²) in [5, 5.41) is 0. The van der Waals surface area contributed by atoms with Gasteiger partial charge in [0.15, 0.2) is 0 Å². The molecule has 2 saturated heterocycles. The van der Waals surface area contributed by atoms with Crippen LogP contribution in [0.2, 0.25) is 0 Å². The first-order valence-corrected chi connectivity index (χ1v) is 9.03. The minimum atomic E-state index is -0.588. The van der Waals surface area contributed by atoms with Crippen LogP contribution in [-0.4, -0.2) is 49.8 Å². The molecule has 1 aromatic carbocycles. The maximum atomic E-state index is 13.5. The van der Waals surface area contributed by atoms with Crippen LogP contribution in [0, 0.1) is 5.95 Å². The van der Waals surface area contributed by atoms with Gasteiger partial charge in [-0.1, -0.05) is 0 Å². The first-order valence-electron chi connectivity index (χ1n) is 9.03. The van der Waals surface area contributed by atoms with Crippen LogP contribution in [-0.2, 0) is 9.53 Å². The van der Waals surface area contributed by atoms with E-state index in [9.17, 15) is 9.18 Å². The Labute approximate surface area is 157 Å².